The van der Waals surface area contributed by atoms with E-state index in [9.17, 15) is 13.2 Å². The third-order valence-electron chi connectivity index (χ3n) is 3.20. The number of carbonyl (C=O) groups excluding carboxylic acids is 1. The first-order valence-corrected chi connectivity index (χ1v) is 9.50. The van der Waals surface area contributed by atoms with Crippen molar-refractivity contribution >= 4 is 44.2 Å². The number of sulfonamides is 1. The van der Waals surface area contributed by atoms with Gasteiger partial charge in [-0.1, -0.05) is 18.1 Å². The number of aryl methyl sites for hydroxylation is 1. The number of rotatable bonds is 5. The number of halogens is 1. The van der Waals surface area contributed by atoms with Crippen molar-refractivity contribution < 1.29 is 13.2 Å². The highest BCUT2D eigenvalue weighted by molar-refractivity contribution is 14.1. The van der Waals surface area contributed by atoms with Crippen LogP contribution in [0.4, 0.5) is 5.69 Å². The highest BCUT2D eigenvalue weighted by Crippen LogP contribution is 2.18. The minimum atomic E-state index is -3.74. The minimum absolute atomic E-state index is 0.0103. The SMILES string of the molecule is C#CCNS(=O)(=O)c1cccc(C(=O)Nc2ccc(C)c(I)c2)c1. The van der Waals surface area contributed by atoms with Gasteiger partial charge >= 0.3 is 0 Å². The summed E-state index contributed by atoms with van der Waals surface area (Å²) < 4.78 is 27.4. The van der Waals surface area contributed by atoms with Crippen LogP contribution < -0.4 is 10.0 Å². The second kappa shape index (κ2) is 7.79. The Morgan fingerprint density at radius 1 is 1.25 bits per heavy atom. The quantitative estimate of drug-likeness (QED) is 0.539. The van der Waals surface area contributed by atoms with Crippen molar-refractivity contribution in [2.24, 2.45) is 0 Å². The molecule has 2 N–H and O–H groups in total. The summed E-state index contributed by atoms with van der Waals surface area (Å²) in [5.74, 6) is 1.82. The van der Waals surface area contributed by atoms with E-state index in [2.05, 4.69) is 38.6 Å². The summed E-state index contributed by atoms with van der Waals surface area (Å²) in [6, 6.07) is 11.3. The molecule has 0 aromatic heterocycles. The lowest BCUT2D eigenvalue weighted by atomic mass is 10.2. The lowest BCUT2D eigenvalue weighted by Gasteiger charge is -2.09. The van der Waals surface area contributed by atoms with Gasteiger partial charge in [0.05, 0.1) is 11.4 Å². The Balaban J connectivity index is 2.23. The Bertz CT molecular complexity index is 918. The standard InChI is InChI=1S/C17H15IN2O3S/c1-3-9-19-24(22,23)15-6-4-5-13(10-15)17(21)20-14-8-7-12(2)16(18)11-14/h1,4-8,10-11,19H,9H2,2H3,(H,20,21). The van der Waals surface area contributed by atoms with Crippen molar-refractivity contribution in [2.75, 3.05) is 11.9 Å². The zero-order chi connectivity index (χ0) is 17.7. The molecule has 0 spiro atoms. The molecule has 2 aromatic rings. The summed E-state index contributed by atoms with van der Waals surface area (Å²) in [5.41, 5.74) is 2.00. The number of benzene rings is 2. The van der Waals surface area contributed by atoms with Crippen molar-refractivity contribution in [2.45, 2.75) is 11.8 Å². The van der Waals surface area contributed by atoms with Crippen LogP contribution in [0.25, 0.3) is 0 Å². The number of anilines is 1. The molecule has 0 saturated heterocycles. The van der Waals surface area contributed by atoms with E-state index in [1.807, 2.05) is 19.1 Å². The molecular formula is C17H15IN2O3S. The van der Waals surface area contributed by atoms with Crippen LogP contribution in [0.1, 0.15) is 15.9 Å². The van der Waals surface area contributed by atoms with E-state index in [-0.39, 0.29) is 22.9 Å². The number of carbonyl (C=O) groups is 1. The van der Waals surface area contributed by atoms with Crippen molar-refractivity contribution in [1.29, 1.82) is 0 Å². The second-order valence-corrected chi connectivity index (χ2v) is 7.90. The summed E-state index contributed by atoms with van der Waals surface area (Å²) in [6.07, 6.45) is 5.06. The first-order valence-electron chi connectivity index (χ1n) is 6.94. The summed E-state index contributed by atoms with van der Waals surface area (Å²) in [5, 5.41) is 2.76. The topological polar surface area (TPSA) is 75.3 Å². The van der Waals surface area contributed by atoms with Crippen LogP contribution in [0, 0.1) is 22.8 Å². The van der Waals surface area contributed by atoms with Crippen LogP contribution in [0.3, 0.4) is 0 Å². The molecule has 0 aliphatic carbocycles. The maximum Gasteiger partial charge on any atom is 0.255 e. The van der Waals surface area contributed by atoms with Gasteiger partial charge in [-0.05, 0) is 65.4 Å². The normalized spacial score (nSPS) is 10.9. The molecule has 0 unspecified atom stereocenters. The molecule has 124 valence electrons. The zero-order valence-corrected chi connectivity index (χ0v) is 15.8. The predicted octanol–water partition coefficient (Wildman–Crippen LogP) is 2.76. The third-order valence-corrected chi connectivity index (χ3v) is 5.76. The zero-order valence-electron chi connectivity index (χ0n) is 12.8. The first-order chi connectivity index (χ1) is 11.3. The summed E-state index contributed by atoms with van der Waals surface area (Å²) in [4.78, 5) is 12.3. The molecule has 0 aliphatic heterocycles. The van der Waals surface area contributed by atoms with Gasteiger partial charge in [-0.3, -0.25) is 4.79 Å². The lowest BCUT2D eigenvalue weighted by molar-refractivity contribution is 0.102. The number of amides is 1. The van der Waals surface area contributed by atoms with Crippen LogP contribution in [0.5, 0.6) is 0 Å². The van der Waals surface area contributed by atoms with Crippen LogP contribution in [-0.4, -0.2) is 20.9 Å². The van der Waals surface area contributed by atoms with Gasteiger partial charge in [0.2, 0.25) is 10.0 Å². The monoisotopic (exact) mass is 454 g/mol. The van der Waals surface area contributed by atoms with Gasteiger partial charge in [-0.2, -0.15) is 4.72 Å². The van der Waals surface area contributed by atoms with E-state index in [1.165, 1.54) is 18.2 Å². The van der Waals surface area contributed by atoms with Crippen molar-refractivity contribution in [3.05, 3.63) is 57.2 Å². The molecule has 0 atom stereocenters. The Morgan fingerprint density at radius 2 is 2.00 bits per heavy atom. The first kappa shape index (κ1) is 18.4. The average molecular weight is 454 g/mol. The minimum Gasteiger partial charge on any atom is -0.322 e. The van der Waals surface area contributed by atoms with Crippen LogP contribution in [0.15, 0.2) is 47.4 Å². The largest absolute Gasteiger partial charge is 0.322 e. The van der Waals surface area contributed by atoms with Crippen LogP contribution >= 0.6 is 22.6 Å². The highest BCUT2D eigenvalue weighted by atomic mass is 127. The Hall–Kier alpha value is -1.89. The molecular weight excluding hydrogens is 439 g/mol. The second-order valence-electron chi connectivity index (χ2n) is 4.97. The predicted molar refractivity (Wildman–Crippen MR) is 102 cm³/mol. The van der Waals surface area contributed by atoms with E-state index in [0.717, 1.165) is 9.13 Å². The molecule has 1 amide bonds. The van der Waals surface area contributed by atoms with Gasteiger partial charge in [0.25, 0.3) is 5.91 Å². The molecule has 0 saturated carbocycles. The van der Waals surface area contributed by atoms with E-state index < -0.39 is 10.0 Å². The van der Waals surface area contributed by atoms with E-state index in [1.54, 1.807) is 12.1 Å². The van der Waals surface area contributed by atoms with Gasteiger partial charge in [-0.25, -0.2) is 8.42 Å². The van der Waals surface area contributed by atoms with Gasteiger partial charge in [0.15, 0.2) is 0 Å². The van der Waals surface area contributed by atoms with Crippen LogP contribution in [-0.2, 0) is 10.0 Å². The van der Waals surface area contributed by atoms with Gasteiger partial charge < -0.3 is 5.32 Å². The molecule has 0 bridgehead atoms. The maximum absolute atomic E-state index is 12.3. The fourth-order valence-corrected chi connectivity index (χ4v) is 3.39. The maximum atomic E-state index is 12.3. The van der Waals surface area contributed by atoms with E-state index in [4.69, 9.17) is 6.42 Å². The molecule has 0 heterocycles. The number of hydrogen-bond acceptors (Lipinski definition) is 3. The molecule has 24 heavy (non-hydrogen) atoms. The lowest BCUT2D eigenvalue weighted by Crippen LogP contribution is -2.24. The van der Waals surface area contributed by atoms with Gasteiger partial charge in [0.1, 0.15) is 0 Å². The van der Waals surface area contributed by atoms with Crippen molar-refractivity contribution in [3.8, 4) is 12.3 Å². The molecule has 0 radical (unpaired) electrons. The molecule has 2 aromatic carbocycles. The summed E-state index contributed by atoms with van der Waals surface area (Å²) in [6.45, 7) is 1.87. The smallest absolute Gasteiger partial charge is 0.255 e. The summed E-state index contributed by atoms with van der Waals surface area (Å²) >= 11 is 2.18. The highest BCUT2D eigenvalue weighted by Gasteiger charge is 2.15. The number of terminal acetylenes is 1. The fraction of sp³-hybridized carbons (Fsp3) is 0.118. The molecule has 2 rings (SSSR count). The Kier molecular flexibility index (Phi) is 5.99. The Labute approximate surface area is 155 Å². The molecule has 5 nitrogen and oxygen atoms in total. The molecule has 0 aliphatic rings. The third kappa shape index (κ3) is 4.56. The fourth-order valence-electron chi connectivity index (χ4n) is 1.90. The van der Waals surface area contributed by atoms with Crippen LogP contribution in [0.2, 0.25) is 0 Å². The number of hydrogen-bond donors (Lipinski definition) is 2. The average Bonchev–Trinajstić information content (AvgIpc) is 2.56. The van der Waals surface area contributed by atoms with E-state index >= 15 is 0 Å². The van der Waals surface area contributed by atoms with Crippen molar-refractivity contribution in [1.82, 2.24) is 4.72 Å². The van der Waals surface area contributed by atoms with Crippen molar-refractivity contribution in [3.63, 3.8) is 0 Å². The molecule has 7 heteroatoms. The molecule has 0 fully saturated rings. The van der Waals surface area contributed by atoms with Gasteiger partial charge in [-0.15, -0.1) is 6.42 Å². The number of nitrogens with one attached hydrogen (secondary N) is 2. The Morgan fingerprint density at radius 3 is 2.67 bits per heavy atom. The van der Waals surface area contributed by atoms with E-state index in [0.29, 0.717) is 5.69 Å². The summed E-state index contributed by atoms with van der Waals surface area (Å²) in [7, 11) is -3.74. The van der Waals surface area contributed by atoms with Gasteiger partial charge in [0, 0.05) is 14.8 Å².